The van der Waals surface area contributed by atoms with E-state index in [1.54, 1.807) is 19.1 Å². The molecule has 0 radical (unpaired) electrons. The summed E-state index contributed by atoms with van der Waals surface area (Å²) in [4.78, 5) is 11.8. The van der Waals surface area contributed by atoms with Crippen molar-refractivity contribution in [3.05, 3.63) is 57.9 Å². The maximum atomic E-state index is 14.6. The third-order valence-corrected chi connectivity index (χ3v) is 4.62. The molecule has 0 amide bonds. The predicted molar refractivity (Wildman–Crippen MR) is 102 cm³/mol. The molecule has 0 aromatic heterocycles. The summed E-state index contributed by atoms with van der Waals surface area (Å²) in [5.41, 5.74) is 4.21. The van der Waals surface area contributed by atoms with Gasteiger partial charge in [-0.3, -0.25) is 9.52 Å². The molecule has 2 aromatic carbocycles. The zero-order valence-corrected chi connectivity index (χ0v) is 16.0. The van der Waals surface area contributed by atoms with Crippen molar-refractivity contribution in [1.29, 1.82) is 0 Å². The van der Waals surface area contributed by atoms with E-state index in [0.29, 0.717) is 0 Å². The Hall–Kier alpha value is -1.56. The van der Waals surface area contributed by atoms with Crippen LogP contribution in [0.5, 0.6) is 0 Å². The average molecular weight is 382 g/mol. The molecule has 0 saturated heterocycles. The Bertz CT molecular complexity index is 762. The largest absolute Gasteiger partial charge is 0.466 e. The second-order valence-electron chi connectivity index (χ2n) is 5.82. The van der Waals surface area contributed by atoms with E-state index >= 15 is 0 Å². The minimum Gasteiger partial charge on any atom is -0.466 e. The molecular formula is C19H21ClFNO2S. The van der Waals surface area contributed by atoms with Gasteiger partial charge < -0.3 is 4.74 Å². The minimum atomic E-state index is -0.649. The van der Waals surface area contributed by atoms with E-state index in [9.17, 15) is 9.18 Å². The zero-order valence-electron chi connectivity index (χ0n) is 14.4. The van der Waals surface area contributed by atoms with Gasteiger partial charge in [0.1, 0.15) is 5.82 Å². The number of aryl methyl sites for hydroxylation is 2. The summed E-state index contributed by atoms with van der Waals surface area (Å²) in [7, 11) is 0. The number of carbonyl (C=O) groups excluding carboxylic acids is 1. The number of benzene rings is 2. The first kappa shape index (κ1) is 19.8. The van der Waals surface area contributed by atoms with E-state index in [2.05, 4.69) is 17.5 Å². The molecule has 1 N–H and O–H groups in total. The van der Waals surface area contributed by atoms with Crippen molar-refractivity contribution in [2.75, 3.05) is 6.61 Å². The van der Waals surface area contributed by atoms with Crippen LogP contribution >= 0.6 is 24.4 Å². The summed E-state index contributed by atoms with van der Waals surface area (Å²) in [6.45, 7) is 5.97. The molecule has 3 nitrogen and oxygen atoms in total. The Morgan fingerprint density at radius 2 is 1.96 bits per heavy atom. The molecule has 25 heavy (non-hydrogen) atoms. The van der Waals surface area contributed by atoms with Gasteiger partial charge in [0, 0.05) is 5.56 Å². The van der Waals surface area contributed by atoms with E-state index < -0.39 is 17.8 Å². The van der Waals surface area contributed by atoms with Crippen molar-refractivity contribution in [3.8, 4) is 11.1 Å². The topological polar surface area (TPSA) is 38.3 Å². The van der Waals surface area contributed by atoms with Gasteiger partial charge in [-0.2, -0.15) is 0 Å². The monoisotopic (exact) mass is 381 g/mol. The van der Waals surface area contributed by atoms with Gasteiger partial charge in [0.25, 0.3) is 0 Å². The highest BCUT2D eigenvalue weighted by atomic mass is 35.5. The Balaban J connectivity index is 2.52. The number of hydrogen-bond donors (Lipinski definition) is 2. The fourth-order valence-corrected chi connectivity index (χ4v) is 3.35. The van der Waals surface area contributed by atoms with Gasteiger partial charge in [0.15, 0.2) is 0 Å². The summed E-state index contributed by atoms with van der Waals surface area (Å²) in [6, 6.07) is 8.63. The maximum absolute atomic E-state index is 14.6. The van der Waals surface area contributed by atoms with Crippen molar-refractivity contribution < 1.29 is 13.9 Å². The lowest BCUT2D eigenvalue weighted by Gasteiger charge is -2.19. The number of nitrogens with one attached hydrogen (secondary N) is 1. The molecule has 134 valence electrons. The first-order valence-electron chi connectivity index (χ1n) is 7.99. The predicted octanol–water partition coefficient (Wildman–Crippen LogP) is 5.19. The van der Waals surface area contributed by atoms with E-state index in [4.69, 9.17) is 16.3 Å². The number of esters is 1. The van der Waals surface area contributed by atoms with Gasteiger partial charge in [0.05, 0.1) is 24.1 Å². The van der Waals surface area contributed by atoms with E-state index in [1.807, 2.05) is 32.0 Å². The van der Waals surface area contributed by atoms with Gasteiger partial charge in [-0.1, -0.05) is 42.6 Å². The Kier molecular flexibility index (Phi) is 6.87. The minimum absolute atomic E-state index is 0.00703. The Morgan fingerprint density at radius 3 is 2.52 bits per heavy atom. The molecule has 0 aliphatic carbocycles. The van der Waals surface area contributed by atoms with E-state index in [1.165, 1.54) is 0 Å². The lowest BCUT2D eigenvalue weighted by molar-refractivity contribution is -0.143. The van der Waals surface area contributed by atoms with Crippen LogP contribution in [-0.2, 0) is 9.53 Å². The van der Waals surface area contributed by atoms with Gasteiger partial charge in [0.2, 0.25) is 0 Å². The average Bonchev–Trinajstić information content (AvgIpc) is 2.56. The zero-order chi connectivity index (χ0) is 18.6. The molecule has 2 aromatic rings. The third kappa shape index (κ3) is 4.54. The fourth-order valence-electron chi connectivity index (χ4n) is 2.89. The van der Waals surface area contributed by atoms with Crippen LogP contribution in [0.4, 0.5) is 4.39 Å². The molecule has 0 saturated carbocycles. The highest BCUT2D eigenvalue weighted by molar-refractivity contribution is 7.78. The lowest BCUT2D eigenvalue weighted by Crippen LogP contribution is -2.19. The summed E-state index contributed by atoms with van der Waals surface area (Å²) in [5, 5.41) is 0.00703. The number of halogens is 2. The summed E-state index contributed by atoms with van der Waals surface area (Å²) >= 11 is 10.2. The molecule has 6 heteroatoms. The summed E-state index contributed by atoms with van der Waals surface area (Å²) in [6.07, 6.45) is -0.0409. The molecule has 1 unspecified atom stereocenters. The van der Waals surface area contributed by atoms with Crippen LogP contribution in [0, 0.1) is 19.7 Å². The number of rotatable bonds is 6. The third-order valence-electron chi connectivity index (χ3n) is 4.03. The van der Waals surface area contributed by atoms with Crippen LogP contribution < -0.4 is 4.72 Å². The van der Waals surface area contributed by atoms with Crippen LogP contribution in [0.25, 0.3) is 11.1 Å². The van der Waals surface area contributed by atoms with Crippen molar-refractivity contribution in [2.45, 2.75) is 33.2 Å². The highest BCUT2D eigenvalue weighted by Gasteiger charge is 2.22. The molecule has 0 heterocycles. The second-order valence-corrected chi connectivity index (χ2v) is 6.48. The quantitative estimate of drug-likeness (QED) is 0.534. The summed E-state index contributed by atoms with van der Waals surface area (Å²) in [5.74, 6) is -0.991. The fraction of sp³-hybridized carbons (Fsp3) is 0.316. The second kappa shape index (κ2) is 8.70. The van der Waals surface area contributed by atoms with Crippen LogP contribution in [0.3, 0.4) is 0 Å². The Labute approximate surface area is 158 Å². The Morgan fingerprint density at radius 1 is 1.32 bits per heavy atom. The number of carbonyl (C=O) groups is 1. The molecule has 0 bridgehead atoms. The van der Waals surface area contributed by atoms with Crippen LogP contribution in [0.1, 0.15) is 36.1 Å². The van der Waals surface area contributed by atoms with Gasteiger partial charge in [-0.15, -0.1) is 0 Å². The standard InChI is InChI=1S/C19H21ClFNO2S/c1-4-24-17(23)10-16(22-25)14-8-13(9-15(20)19(14)21)18-11(2)6-5-7-12(18)3/h5-9,16,22,25H,4,10H2,1-3H3. The molecule has 0 aliphatic heterocycles. The van der Waals surface area contributed by atoms with Gasteiger partial charge >= 0.3 is 5.97 Å². The van der Waals surface area contributed by atoms with E-state index in [-0.39, 0.29) is 23.6 Å². The van der Waals surface area contributed by atoms with Crippen LogP contribution in [-0.4, -0.2) is 12.6 Å². The van der Waals surface area contributed by atoms with Gasteiger partial charge in [-0.05, 0) is 55.2 Å². The number of hydrogen-bond acceptors (Lipinski definition) is 4. The van der Waals surface area contributed by atoms with Crippen molar-refractivity contribution >= 4 is 30.4 Å². The number of thiol groups is 1. The highest BCUT2D eigenvalue weighted by Crippen LogP contribution is 2.35. The SMILES string of the molecule is CCOC(=O)CC(NS)c1cc(-c2c(C)cccc2C)cc(Cl)c1F. The summed E-state index contributed by atoms with van der Waals surface area (Å²) < 4.78 is 22.2. The van der Waals surface area contributed by atoms with Crippen LogP contribution in [0.2, 0.25) is 5.02 Å². The molecule has 0 spiro atoms. The van der Waals surface area contributed by atoms with Crippen molar-refractivity contribution in [1.82, 2.24) is 4.72 Å². The first-order chi connectivity index (χ1) is 11.9. The van der Waals surface area contributed by atoms with Crippen LogP contribution in [0.15, 0.2) is 30.3 Å². The van der Waals surface area contributed by atoms with Crippen molar-refractivity contribution in [2.24, 2.45) is 0 Å². The molecule has 0 aliphatic rings. The molecular weight excluding hydrogens is 361 g/mol. The lowest BCUT2D eigenvalue weighted by atomic mass is 9.92. The smallest absolute Gasteiger partial charge is 0.307 e. The molecule has 2 rings (SSSR count). The molecule has 0 fully saturated rings. The molecule has 1 atom stereocenters. The van der Waals surface area contributed by atoms with Crippen molar-refractivity contribution in [3.63, 3.8) is 0 Å². The first-order valence-corrected chi connectivity index (χ1v) is 8.82. The number of ether oxygens (including phenoxy) is 1. The maximum Gasteiger partial charge on any atom is 0.307 e. The van der Waals surface area contributed by atoms with Gasteiger partial charge in [-0.25, -0.2) is 4.39 Å². The normalized spacial score (nSPS) is 12.1. The van der Waals surface area contributed by atoms with E-state index in [0.717, 1.165) is 22.3 Å².